The number of halogens is 2. The Morgan fingerprint density at radius 3 is 2.24 bits per heavy atom. The van der Waals surface area contributed by atoms with Crippen LogP contribution in [0.5, 0.6) is 0 Å². The van der Waals surface area contributed by atoms with Gasteiger partial charge in [-0.1, -0.05) is 41.4 Å². The third kappa shape index (κ3) is 4.43. The first-order chi connectivity index (χ1) is 13.6. The second kappa shape index (κ2) is 8.11. The molecule has 3 rings (SSSR count). The van der Waals surface area contributed by atoms with E-state index < -0.39 is 15.9 Å². The molecule has 0 saturated carbocycles. The lowest BCUT2D eigenvalue weighted by atomic mass is 10.1. The molecule has 0 atom stereocenters. The molecule has 1 aromatic heterocycles. The van der Waals surface area contributed by atoms with E-state index in [1.54, 1.807) is 38.1 Å². The van der Waals surface area contributed by atoms with E-state index in [-0.39, 0.29) is 32.2 Å². The van der Waals surface area contributed by atoms with Crippen LogP contribution in [-0.2, 0) is 10.0 Å². The fourth-order valence-corrected chi connectivity index (χ4v) is 4.20. The highest BCUT2D eigenvalue weighted by molar-refractivity contribution is 7.89. The molecule has 0 saturated heterocycles. The van der Waals surface area contributed by atoms with Crippen molar-refractivity contribution in [3.63, 3.8) is 0 Å². The maximum Gasteiger partial charge on any atom is 0.287 e. The fourth-order valence-electron chi connectivity index (χ4n) is 2.64. The van der Waals surface area contributed by atoms with Gasteiger partial charge in [-0.15, -0.1) is 4.83 Å². The Hall–Kier alpha value is -2.46. The van der Waals surface area contributed by atoms with E-state index in [0.29, 0.717) is 10.8 Å². The van der Waals surface area contributed by atoms with Gasteiger partial charge in [0, 0.05) is 15.4 Å². The smallest absolute Gasteiger partial charge is 0.272 e. The molecule has 0 unspecified atom stereocenters. The number of carbonyl (C=O) groups is 1. The summed E-state index contributed by atoms with van der Waals surface area (Å²) in [6.45, 7) is 3.49. The summed E-state index contributed by atoms with van der Waals surface area (Å²) in [5.74, 6) is -0.827. The van der Waals surface area contributed by atoms with E-state index in [9.17, 15) is 18.0 Å². The molecule has 3 aromatic rings. The van der Waals surface area contributed by atoms with E-state index in [0.717, 1.165) is 0 Å². The van der Waals surface area contributed by atoms with Crippen LogP contribution in [0, 0.1) is 0 Å². The van der Waals surface area contributed by atoms with Gasteiger partial charge >= 0.3 is 0 Å². The van der Waals surface area contributed by atoms with Crippen molar-refractivity contribution in [3.05, 3.63) is 68.6 Å². The maximum absolute atomic E-state index is 12.7. The van der Waals surface area contributed by atoms with Crippen molar-refractivity contribution in [1.82, 2.24) is 20.0 Å². The zero-order valence-electron chi connectivity index (χ0n) is 15.3. The van der Waals surface area contributed by atoms with Gasteiger partial charge in [-0.25, -0.2) is 13.1 Å². The van der Waals surface area contributed by atoms with Crippen LogP contribution >= 0.6 is 23.2 Å². The molecule has 0 aliphatic rings. The van der Waals surface area contributed by atoms with Crippen LogP contribution in [0.15, 0.2) is 52.2 Å². The lowest BCUT2D eigenvalue weighted by molar-refractivity contribution is 0.0939. The van der Waals surface area contributed by atoms with Gasteiger partial charge in [0.05, 0.1) is 16.3 Å². The molecule has 152 valence electrons. The van der Waals surface area contributed by atoms with Gasteiger partial charge < -0.3 is 0 Å². The van der Waals surface area contributed by atoms with Crippen LogP contribution in [0.4, 0.5) is 0 Å². The van der Waals surface area contributed by atoms with Crippen LogP contribution in [0.25, 0.3) is 10.8 Å². The standard InChI is InChI=1S/C18H16Cl2N4O4S/c1-10(2)24-18(26)15-6-4-3-5-14(15)16(22-24)17(25)21-23-29(27,28)13-8-11(19)7-12(20)9-13/h3-10,23H,1-2H3,(H,21,25). The Labute approximate surface area is 176 Å². The summed E-state index contributed by atoms with van der Waals surface area (Å²) in [4.78, 5) is 27.0. The van der Waals surface area contributed by atoms with Gasteiger partial charge in [0.2, 0.25) is 0 Å². The third-order valence-electron chi connectivity index (χ3n) is 3.98. The van der Waals surface area contributed by atoms with Crippen LogP contribution in [0.2, 0.25) is 10.0 Å². The number of sulfonamides is 1. The Balaban J connectivity index is 1.96. The predicted octanol–water partition coefficient (Wildman–Crippen LogP) is 2.91. The number of hydrogen-bond donors (Lipinski definition) is 2. The normalized spacial score (nSPS) is 11.8. The number of aromatic nitrogens is 2. The molecule has 8 nitrogen and oxygen atoms in total. The number of nitrogens with one attached hydrogen (secondary N) is 2. The summed E-state index contributed by atoms with van der Waals surface area (Å²) in [5, 5.41) is 4.97. The van der Waals surface area contributed by atoms with Crippen molar-refractivity contribution in [2.45, 2.75) is 24.8 Å². The summed E-state index contributed by atoms with van der Waals surface area (Å²) in [7, 11) is -4.14. The van der Waals surface area contributed by atoms with E-state index in [1.165, 1.54) is 22.9 Å². The highest BCUT2D eigenvalue weighted by Crippen LogP contribution is 2.22. The summed E-state index contributed by atoms with van der Waals surface area (Å²) < 4.78 is 26.1. The Morgan fingerprint density at radius 1 is 1.07 bits per heavy atom. The Morgan fingerprint density at radius 2 is 1.66 bits per heavy atom. The second-order valence-corrected chi connectivity index (χ2v) is 8.96. The van der Waals surface area contributed by atoms with Crippen LogP contribution in [0.3, 0.4) is 0 Å². The molecule has 2 N–H and O–H groups in total. The molecule has 1 amide bonds. The molecule has 29 heavy (non-hydrogen) atoms. The zero-order valence-corrected chi connectivity index (χ0v) is 17.6. The van der Waals surface area contributed by atoms with Gasteiger partial charge in [0.15, 0.2) is 5.69 Å². The number of fused-ring (bicyclic) bond motifs is 1. The number of benzene rings is 2. The molecule has 2 aromatic carbocycles. The summed E-state index contributed by atoms with van der Waals surface area (Å²) in [6.07, 6.45) is 0. The summed E-state index contributed by atoms with van der Waals surface area (Å²) in [6, 6.07) is 9.92. The molecule has 11 heteroatoms. The van der Waals surface area contributed by atoms with Gasteiger partial charge in [-0.05, 0) is 38.1 Å². The van der Waals surface area contributed by atoms with Gasteiger partial charge in [-0.3, -0.25) is 15.0 Å². The van der Waals surface area contributed by atoms with Crippen LogP contribution in [-0.4, -0.2) is 24.1 Å². The van der Waals surface area contributed by atoms with Gasteiger partial charge in [0.25, 0.3) is 21.5 Å². The highest BCUT2D eigenvalue weighted by atomic mass is 35.5. The fraction of sp³-hybridized carbons (Fsp3) is 0.167. The second-order valence-electron chi connectivity index (χ2n) is 6.40. The average Bonchev–Trinajstić information content (AvgIpc) is 2.65. The van der Waals surface area contributed by atoms with Crippen molar-refractivity contribution in [2.75, 3.05) is 0 Å². The van der Waals surface area contributed by atoms with E-state index in [1.807, 2.05) is 4.83 Å². The van der Waals surface area contributed by atoms with Crippen molar-refractivity contribution in [2.24, 2.45) is 0 Å². The Kier molecular flexibility index (Phi) is 5.95. The maximum atomic E-state index is 12.7. The number of hydrogen-bond acceptors (Lipinski definition) is 5. The monoisotopic (exact) mass is 454 g/mol. The lowest BCUT2D eigenvalue weighted by Gasteiger charge is -2.14. The first-order valence-corrected chi connectivity index (χ1v) is 10.6. The van der Waals surface area contributed by atoms with Crippen LogP contribution < -0.4 is 15.8 Å². The van der Waals surface area contributed by atoms with E-state index in [2.05, 4.69) is 10.5 Å². The quantitative estimate of drug-likeness (QED) is 0.575. The van der Waals surface area contributed by atoms with Gasteiger partial charge in [0.1, 0.15) is 0 Å². The zero-order chi connectivity index (χ0) is 21.3. The minimum atomic E-state index is -4.14. The van der Waals surface area contributed by atoms with Crippen molar-refractivity contribution in [3.8, 4) is 0 Å². The minimum absolute atomic E-state index is 0.0965. The SMILES string of the molecule is CC(C)n1nc(C(=O)NNS(=O)(=O)c2cc(Cl)cc(Cl)c2)c2ccccc2c1=O. The summed E-state index contributed by atoms with van der Waals surface area (Å²) >= 11 is 11.7. The third-order valence-corrected chi connectivity index (χ3v) is 5.64. The molecule has 0 radical (unpaired) electrons. The van der Waals surface area contributed by atoms with Crippen molar-refractivity contribution in [1.29, 1.82) is 0 Å². The number of hydrazine groups is 1. The molecular weight excluding hydrogens is 439 g/mol. The first kappa shape index (κ1) is 21.3. The first-order valence-electron chi connectivity index (χ1n) is 8.40. The predicted molar refractivity (Wildman–Crippen MR) is 111 cm³/mol. The van der Waals surface area contributed by atoms with Crippen LogP contribution in [0.1, 0.15) is 30.4 Å². The molecule has 1 heterocycles. The molecule has 0 aliphatic heterocycles. The van der Waals surface area contributed by atoms with Gasteiger partial charge in [-0.2, -0.15) is 5.10 Å². The van der Waals surface area contributed by atoms with Crippen molar-refractivity contribution < 1.29 is 13.2 Å². The molecule has 0 fully saturated rings. The van der Waals surface area contributed by atoms with E-state index >= 15 is 0 Å². The highest BCUT2D eigenvalue weighted by Gasteiger charge is 2.21. The minimum Gasteiger partial charge on any atom is -0.272 e. The number of rotatable bonds is 5. The topological polar surface area (TPSA) is 110 Å². The number of nitrogens with zero attached hydrogens (tertiary/aromatic N) is 2. The number of carbonyl (C=O) groups excluding carboxylic acids is 1. The molecule has 0 bridgehead atoms. The molecule has 0 aliphatic carbocycles. The molecular formula is C18H16Cl2N4O4S. The van der Waals surface area contributed by atoms with Crippen molar-refractivity contribution >= 4 is 49.9 Å². The number of amides is 1. The lowest BCUT2D eigenvalue weighted by Crippen LogP contribution is -2.42. The average molecular weight is 455 g/mol. The van der Waals surface area contributed by atoms with E-state index in [4.69, 9.17) is 23.2 Å². The summed E-state index contributed by atoms with van der Waals surface area (Å²) in [5.41, 5.74) is 1.67. The Bertz CT molecular complexity index is 1250. The molecule has 0 spiro atoms. The largest absolute Gasteiger partial charge is 0.287 e.